The summed E-state index contributed by atoms with van der Waals surface area (Å²) in [7, 11) is 0. The first kappa shape index (κ1) is 11.9. The third-order valence-electron chi connectivity index (χ3n) is 2.49. The zero-order valence-electron chi connectivity index (χ0n) is 9.54. The van der Waals surface area contributed by atoms with Crippen LogP contribution < -0.4 is 5.32 Å². The Kier molecular flexibility index (Phi) is 3.43. The Morgan fingerprint density at radius 2 is 1.89 bits per heavy atom. The van der Waals surface area contributed by atoms with Crippen LogP contribution in [0.4, 0.5) is 11.4 Å². The van der Waals surface area contributed by atoms with Crippen molar-refractivity contribution in [1.29, 1.82) is 0 Å². The molecule has 0 bridgehead atoms. The van der Waals surface area contributed by atoms with Crippen LogP contribution in [0.5, 0.6) is 5.75 Å². The van der Waals surface area contributed by atoms with E-state index in [9.17, 15) is 15.2 Å². The Balaban J connectivity index is 2.00. The van der Waals surface area contributed by atoms with Gasteiger partial charge in [0.25, 0.3) is 5.69 Å². The highest BCUT2D eigenvalue weighted by Crippen LogP contribution is 2.17. The van der Waals surface area contributed by atoms with Gasteiger partial charge < -0.3 is 10.4 Å². The number of nitro benzene ring substituents is 1. The Labute approximate surface area is 104 Å². The van der Waals surface area contributed by atoms with Gasteiger partial charge in [-0.15, -0.1) is 0 Å². The molecule has 0 aliphatic heterocycles. The minimum absolute atomic E-state index is 0.0797. The van der Waals surface area contributed by atoms with Crippen molar-refractivity contribution in [3.05, 3.63) is 64.2 Å². The van der Waals surface area contributed by atoms with Gasteiger partial charge in [-0.2, -0.15) is 0 Å². The molecule has 0 aromatic heterocycles. The van der Waals surface area contributed by atoms with E-state index in [4.69, 9.17) is 0 Å². The summed E-state index contributed by atoms with van der Waals surface area (Å²) in [6.45, 7) is 0.543. The van der Waals surface area contributed by atoms with E-state index in [2.05, 4.69) is 5.32 Å². The molecule has 0 heterocycles. The van der Waals surface area contributed by atoms with Gasteiger partial charge in [-0.25, -0.2) is 0 Å². The van der Waals surface area contributed by atoms with Crippen molar-refractivity contribution in [2.75, 3.05) is 5.32 Å². The summed E-state index contributed by atoms with van der Waals surface area (Å²) in [6.07, 6.45) is 0. The lowest BCUT2D eigenvalue weighted by Crippen LogP contribution is -1.99. The van der Waals surface area contributed by atoms with Gasteiger partial charge in [0.1, 0.15) is 5.75 Å². The van der Waals surface area contributed by atoms with E-state index in [1.165, 1.54) is 12.1 Å². The van der Waals surface area contributed by atoms with E-state index in [0.717, 1.165) is 11.3 Å². The second-order valence-electron chi connectivity index (χ2n) is 3.83. The number of anilines is 1. The molecule has 0 aliphatic carbocycles. The first-order valence-corrected chi connectivity index (χ1v) is 5.41. The van der Waals surface area contributed by atoms with Crippen LogP contribution in [0.3, 0.4) is 0 Å². The van der Waals surface area contributed by atoms with E-state index in [-0.39, 0.29) is 11.4 Å². The molecular weight excluding hydrogens is 232 g/mol. The number of nitrogens with one attached hydrogen (secondary N) is 1. The van der Waals surface area contributed by atoms with Gasteiger partial charge in [-0.3, -0.25) is 10.1 Å². The van der Waals surface area contributed by atoms with Crippen molar-refractivity contribution >= 4 is 11.4 Å². The molecule has 5 nitrogen and oxygen atoms in total. The monoisotopic (exact) mass is 244 g/mol. The molecule has 0 unspecified atom stereocenters. The number of non-ortho nitro benzene ring substituents is 1. The standard InChI is InChI=1S/C13H12N2O3/c16-13-3-1-2-11(8-13)14-9-10-4-6-12(7-5-10)15(17)18/h1-8,14,16H,9H2. The van der Waals surface area contributed by atoms with Crippen LogP contribution in [0.2, 0.25) is 0 Å². The quantitative estimate of drug-likeness (QED) is 0.640. The molecule has 0 radical (unpaired) electrons. The summed E-state index contributed by atoms with van der Waals surface area (Å²) in [4.78, 5) is 10.1. The van der Waals surface area contributed by atoms with Crippen molar-refractivity contribution in [3.8, 4) is 5.75 Å². The molecule has 0 saturated heterocycles. The van der Waals surface area contributed by atoms with E-state index in [1.54, 1.807) is 30.3 Å². The normalized spacial score (nSPS) is 10.0. The van der Waals surface area contributed by atoms with Crippen molar-refractivity contribution in [2.24, 2.45) is 0 Å². The topological polar surface area (TPSA) is 75.4 Å². The molecular formula is C13H12N2O3. The van der Waals surface area contributed by atoms with Crippen LogP contribution in [0, 0.1) is 10.1 Å². The lowest BCUT2D eigenvalue weighted by molar-refractivity contribution is -0.384. The van der Waals surface area contributed by atoms with Crippen LogP contribution >= 0.6 is 0 Å². The van der Waals surface area contributed by atoms with Gasteiger partial charge in [0.05, 0.1) is 4.92 Å². The number of hydrogen-bond donors (Lipinski definition) is 2. The summed E-state index contributed by atoms with van der Waals surface area (Å²) in [5, 5.41) is 22.9. The van der Waals surface area contributed by atoms with Crippen LogP contribution in [-0.4, -0.2) is 10.0 Å². The largest absolute Gasteiger partial charge is 0.508 e. The van der Waals surface area contributed by atoms with Gasteiger partial charge in [-0.05, 0) is 17.7 Å². The summed E-state index contributed by atoms with van der Waals surface area (Å²) >= 11 is 0. The number of phenolic OH excluding ortho intramolecular Hbond substituents is 1. The first-order chi connectivity index (χ1) is 8.65. The van der Waals surface area contributed by atoms with E-state index >= 15 is 0 Å². The molecule has 5 heteroatoms. The molecule has 2 aromatic carbocycles. The maximum atomic E-state index is 10.5. The third kappa shape index (κ3) is 2.98. The Bertz CT molecular complexity index is 552. The average molecular weight is 244 g/mol. The number of rotatable bonds is 4. The second-order valence-corrected chi connectivity index (χ2v) is 3.83. The fraction of sp³-hybridized carbons (Fsp3) is 0.0769. The fourth-order valence-electron chi connectivity index (χ4n) is 1.56. The highest BCUT2D eigenvalue weighted by atomic mass is 16.6. The molecule has 0 aliphatic rings. The zero-order chi connectivity index (χ0) is 13.0. The van der Waals surface area contributed by atoms with Gasteiger partial charge in [0, 0.05) is 30.4 Å². The smallest absolute Gasteiger partial charge is 0.269 e. The molecule has 92 valence electrons. The van der Waals surface area contributed by atoms with Gasteiger partial charge in [0.15, 0.2) is 0 Å². The molecule has 0 amide bonds. The zero-order valence-corrected chi connectivity index (χ0v) is 9.54. The van der Waals surface area contributed by atoms with E-state index in [0.29, 0.717) is 6.54 Å². The molecule has 0 atom stereocenters. The lowest BCUT2D eigenvalue weighted by Gasteiger charge is -2.06. The van der Waals surface area contributed by atoms with Crippen LogP contribution in [0.1, 0.15) is 5.56 Å². The van der Waals surface area contributed by atoms with Crippen molar-refractivity contribution in [1.82, 2.24) is 0 Å². The van der Waals surface area contributed by atoms with Crippen molar-refractivity contribution in [3.63, 3.8) is 0 Å². The molecule has 0 saturated carbocycles. The van der Waals surface area contributed by atoms with Gasteiger partial charge in [-0.1, -0.05) is 18.2 Å². The highest BCUT2D eigenvalue weighted by molar-refractivity contribution is 5.48. The first-order valence-electron chi connectivity index (χ1n) is 5.41. The fourth-order valence-corrected chi connectivity index (χ4v) is 1.56. The number of hydrogen-bond acceptors (Lipinski definition) is 4. The van der Waals surface area contributed by atoms with Crippen LogP contribution in [0.25, 0.3) is 0 Å². The molecule has 0 spiro atoms. The lowest BCUT2D eigenvalue weighted by atomic mass is 10.2. The maximum absolute atomic E-state index is 10.5. The Morgan fingerprint density at radius 3 is 2.50 bits per heavy atom. The number of phenols is 1. The number of aromatic hydroxyl groups is 1. The molecule has 18 heavy (non-hydrogen) atoms. The number of benzene rings is 2. The summed E-state index contributed by atoms with van der Waals surface area (Å²) in [6, 6.07) is 13.1. The number of nitrogens with zero attached hydrogens (tertiary/aromatic N) is 1. The molecule has 2 rings (SSSR count). The number of nitro groups is 1. The summed E-state index contributed by atoms with van der Waals surface area (Å²) < 4.78 is 0. The second kappa shape index (κ2) is 5.18. The average Bonchev–Trinajstić information content (AvgIpc) is 2.37. The third-order valence-corrected chi connectivity index (χ3v) is 2.49. The van der Waals surface area contributed by atoms with Crippen molar-refractivity contribution < 1.29 is 10.0 Å². The van der Waals surface area contributed by atoms with Gasteiger partial charge >= 0.3 is 0 Å². The summed E-state index contributed by atoms with van der Waals surface area (Å²) in [5.74, 6) is 0.198. The van der Waals surface area contributed by atoms with Gasteiger partial charge in [0.2, 0.25) is 0 Å². The van der Waals surface area contributed by atoms with E-state index < -0.39 is 4.92 Å². The molecule has 0 fully saturated rings. The highest BCUT2D eigenvalue weighted by Gasteiger charge is 2.03. The van der Waals surface area contributed by atoms with Crippen LogP contribution in [-0.2, 0) is 6.54 Å². The van der Waals surface area contributed by atoms with Crippen molar-refractivity contribution in [2.45, 2.75) is 6.54 Å². The Hall–Kier alpha value is -2.56. The SMILES string of the molecule is O=[N+]([O-])c1ccc(CNc2cccc(O)c2)cc1. The molecule has 2 N–H and O–H groups in total. The summed E-state index contributed by atoms with van der Waals surface area (Å²) in [5.41, 5.74) is 1.81. The molecule has 2 aromatic rings. The minimum Gasteiger partial charge on any atom is -0.508 e. The van der Waals surface area contributed by atoms with E-state index in [1.807, 2.05) is 6.07 Å². The Morgan fingerprint density at radius 1 is 1.17 bits per heavy atom. The van der Waals surface area contributed by atoms with Crippen LogP contribution in [0.15, 0.2) is 48.5 Å². The predicted octanol–water partition coefficient (Wildman–Crippen LogP) is 2.91. The maximum Gasteiger partial charge on any atom is 0.269 e. The predicted molar refractivity (Wildman–Crippen MR) is 68.5 cm³/mol. The minimum atomic E-state index is -0.424.